The summed E-state index contributed by atoms with van der Waals surface area (Å²) < 4.78 is 26.0. The summed E-state index contributed by atoms with van der Waals surface area (Å²) in [4.78, 5) is 2.43. The maximum atomic E-state index is 11.7. The van der Waals surface area contributed by atoms with Crippen LogP contribution in [0.3, 0.4) is 0 Å². The third-order valence-corrected chi connectivity index (χ3v) is 4.17. The van der Waals surface area contributed by atoms with Crippen LogP contribution in [0.1, 0.15) is 13.3 Å². The second-order valence-electron chi connectivity index (χ2n) is 4.61. The molecule has 2 N–H and O–H groups in total. The molecule has 0 heterocycles. The summed E-state index contributed by atoms with van der Waals surface area (Å²) in [5.74, 6) is 0. The van der Waals surface area contributed by atoms with Crippen LogP contribution in [0.5, 0.6) is 0 Å². The van der Waals surface area contributed by atoms with Crippen LogP contribution in [0.15, 0.2) is 29.2 Å². The largest absolute Gasteiger partial charge is 0.385 e. The van der Waals surface area contributed by atoms with Crippen LogP contribution in [-0.4, -0.2) is 47.0 Å². The lowest BCUT2D eigenvalue weighted by molar-refractivity contribution is 0.405. The van der Waals surface area contributed by atoms with E-state index in [4.69, 9.17) is 0 Å². The fourth-order valence-electron chi connectivity index (χ4n) is 1.65. The van der Waals surface area contributed by atoms with Crippen LogP contribution in [0.2, 0.25) is 0 Å². The van der Waals surface area contributed by atoms with Gasteiger partial charge in [-0.25, -0.2) is 13.1 Å². The number of anilines is 1. The molecule has 1 aromatic carbocycles. The molecule has 0 radical (unpaired) electrons. The van der Waals surface area contributed by atoms with Crippen molar-refractivity contribution in [1.82, 2.24) is 9.62 Å². The minimum absolute atomic E-state index is 0.299. The normalized spacial score (nSPS) is 11.8. The standard InChI is InChI=1S/C13H23N3O2S/c1-4-15-19(17,18)13-8-6-12(7-9-13)14-10-5-11-16(2)3/h6-9,14-15H,4-5,10-11H2,1-3H3. The van der Waals surface area contributed by atoms with E-state index in [0.29, 0.717) is 11.4 Å². The third kappa shape index (κ3) is 5.59. The Bertz CT molecular complexity index is 469. The van der Waals surface area contributed by atoms with E-state index in [1.807, 2.05) is 14.1 Å². The van der Waals surface area contributed by atoms with Gasteiger partial charge in [0.25, 0.3) is 0 Å². The topological polar surface area (TPSA) is 61.4 Å². The van der Waals surface area contributed by atoms with E-state index in [1.54, 1.807) is 31.2 Å². The van der Waals surface area contributed by atoms with Gasteiger partial charge in [0, 0.05) is 18.8 Å². The average molecular weight is 285 g/mol. The van der Waals surface area contributed by atoms with Gasteiger partial charge in [0.1, 0.15) is 0 Å². The first-order chi connectivity index (χ1) is 8.95. The van der Waals surface area contributed by atoms with Gasteiger partial charge in [0.05, 0.1) is 4.90 Å². The first-order valence-corrected chi connectivity index (χ1v) is 7.92. The van der Waals surface area contributed by atoms with Crippen molar-refractivity contribution in [3.8, 4) is 0 Å². The summed E-state index contributed by atoms with van der Waals surface area (Å²) in [6, 6.07) is 6.82. The number of hydrogen-bond donors (Lipinski definition) is 2. The Morgan fingerprint density at radius 3 is 2.32 bits per heavy atom. The van der Waals surface area contributed by atoms with Gasteiger partial charge in [0.2, 0.25) is 10.0 Å². The molecule has 5 nitrogen and oxygen atoms in total. The molecule has 108 valence electrons. The minimum Gasteiger partial charge on any atom is -0.385 e. The molecule has 0 aliphatic carbocycles. The number of rotatable bonds is 8. The van der Waals surface area contributed by atoms with Crippen LogP contribution in [0.4, 0.5) is 5.69 Å². The lowest BCUT2D eigenvalue weighted by Crippen LogP contribution is -2.23. The van der Waals surface area contributed by atoms with E-state index < -0.39 is 10.0 Å². The number of nitrogens with one attached hydrogen (secondary N) is 2. The van der Waals surface area contributed by atoms with Crippen molar-refractivity contribution in [2.24, 2.45) is 0 Å². The molecule has 0 spiro atoms. The summed E-state index contributed by atoms with van der Waals surface area (Å²) in [5, 5.41) is 3.27. The van der Waals surface area contributed by atoms with Gasteiger partial charge in [0.15, 0.2) is 0 Å². The highest BCUT2D eigenvalue weighted by Crippen LogP contribution is 2.13. The van der Waals surface area contributed by atoms with Crippen LogP contribution in [0, 0.1) is 0 Å². The minimum atomic E-state index is -3.35. The van der Waals surface area contributed by atoms with Gasteiger partial charge in [-0.05, 0) is 51.3 Å². The average Bonchev–Trinajstić information content (AvgIpc) is 2.35. The van der Waals surface area contributed by atoms with Crippen LogP contribution < -0.4 is 10.0 Å². The van der Waals surface area contributed by atoms with Crippen molar-refractivity contribution in [1.29, 1.82) is 0 Å². The molecule has 0 saturated heterocycles. The van der Waals surface area contributed by atoms with Crippen LogP contribution in [-0.2, 0) is 10.0 Å². The smallest absolute Gasteiger partial charge is 0.240 e. The molecule has 0 aliphatic heterocycles. The molecule has 0 aromatic heterocycles. The van der Waals surface area contributed by atoms with Crippen LogP contribution in [0.25, 0.3) is 0 Å². The van der Waals surface area contributed by atoms with Crippen molar-refractivity contribution < 1.29 is 8.42 Å². The molecular weight excluding hydrogens is 262 g/mol. The number of hydrogen-bond acceptors (Lipinski definition) is 4. The molecule has 0 bridgehead atoms. The zero-order valence-electron chi connectivity index (χ0n) is 11.8. The second kappa shape index (κ2) is 7.47. The lowest BCUT2D eigenvalue weighted by Gasteiger charge is -2.11. The predicted molar refractivity (Wildman–Crippen MR) is 79.0 cm³/mol. The number of sulfonamides is 1. The van der Waals surface area contributed by atoms with Crippen molar-refractivity contribution in [2.45, 2.75) is 18.2 Å². The highest BCUT2D eigenvalue weighted by molar-refractivity contribution is 7.89. The summed E-state index contributed by atoms with van der Waals surface area (Å²) in [6.07, 6.45) is 1.05. The van der Waals surface area contributed by atoms with Gasteiger partial charge in [-0.3, -0.25) is 0 Å². The first kappa shape index (κ1) is 15.9. The van der Waals surface area contributed by atoms with Crippen LogP contribution >= 0.6 is 0 Å². The predicted octanol–water partition coefficient (Wildman–Crippen LogP) is 1.35. The van der Waals surface area contributed by atoms with Crippen molar-refractivity contribution >= 4 is 15.7 Å². The number of nitrogens with zero attached hydrogens (tertiary/aromatic N) is 1. The zero-order chi connectivity index (χ0) is 14.3. The highest BCUT2D eigenvalue weighted by atomic mass is 32.2. The molecule has 0 fully saturated rings. The Hall–Kier alpha value is -1.11. The van der Waals surface area contributed by atoms with Crippen molar-refractivity contribution in [3.63, 3.8) is 0 Å². The molecule has 0 amide bonds. The summed E-state index contributed by atoms with van der Waals surface area (Å²) in [7, 11) is 0.736. The Morgan fingerprint density at radius 2 is 1.79 bits per heavy atom. The van der Waals surface area contributed by atoms with Crippen molar-refractivity contribution in [2.75, 3.05) is 39.0 Å². The summed E-state index contributed by atoms with van der Waals surface area (Å²) in [6.45, 7) is 4.06. The quantitative estimate of drug-likeness (QED) is 0.708. The molecule has 0 aliphatic rings. The second-order valence-corrected chi connectivity index (χ2v) is 6.38. The van der Waals surface area contributed by atoms with Gasteiger partial charge in [-0.15, -0.1) is 0 Å². The molecule has 0 saturated carbocycles. The van der Waals surface area contributed by atoms with Gasteiger partial charge in [-0.1, -0.05) is 6.92 Å². The summed E-state index contributed by atoms with van der Waals surface area (Å²) >= 11 is 0. The highest BCUT2D eigenvalue weighted by Gasteiger charge is 2.11. The Balaban J connectivity index is 2.52. The van der Waals surface area contributed by atoms with E-state index in [2.05, 4.69) is 14.9 Å². The van der Waals surface area contributed by atoms with Gasteiger partial charge >= 0.3 is 0 Å². The Kier molecular flexibility index (Phi) is 6.27. The van der Waals surface area contributed by atoms with Crippen molar-refractivity contribution in [3.05, 3.63) is 24.3 Å². The molecule has 0 atom stereocenters. The van der Waals surface area contributed by atoms with Gasteiger partial charge < -0.3 is 10.2 Å². The SMILES string of the molecule is CCNS(=O)(=O)c1ccc(NCCCN(C)C)cc1. The Labute approximate surface area is 116 Å². The molecule has 6 heteroatoms. The molecular formula is C13H23N3O2S. The van der Waals surface area contributed by atoms with E-state index >= 15 is 0 Å². The van der Waals surface area contributed by atoms with E-state index in [-0.39, 0.29) is 0 Å². The molecule has 0 unspecified atom stereocenters. The molecule has 19 heavy (non-hydrogen) atoms. The van der Waals surface area contributed by atoms with Gasteiger partial charge in [-0.2, -0.15) is 0 Å². The first-order valence-electron chi connectivity index (χ1n) is 6.44. The number of benzene rings is 1. The Morgan fingerprint density at radius 1 is 1.16 bits per heavy atom. The van der Waals surface area contributed by atoms with E-state index in [9.17, 15) is 8.42 Å². The van der Waals surface area contributed by atoms with E-state index in [1.165, 1.54) is 0 Å². The molecule has 1 aromatic rings. The fraction of sp³-hybridized carbons (Fsp3) is 0.538. The lowest BCUT2D eigenvalue weighted by atomic mass is 10.3. The molecule has 1 rings (SSSR count). The maximum absolute atomic E-state index is 11.7. The fourth-order valence-corrected chi connectivity index (χ4v) is 2.69. The van der Waals surface area contributed by atoms with E-state index in [0.717, 1.165) is 25.2 Å². The summed E-state index contributed by atoms with van der Waals surface area (Å²) in [5.41, 5.74) is 0.939. The third-order valence-electron chi connectivity index (χ3n) is 2.61. The maximum Gasteiger partial charge on any atom is 0.240 e. The monoisotopic (exact) mass is 285 g/mol. The zero-order valence-corrected chi connectivity index (χ0v) is 12.6.